The maximum absolute atomic E-state index is 15.5. The van der Waals surface area contributed by atoms with Gasteiger partial charge in [-0.05, 0) is 50.9 Å². The topological polar surface area (TPSA) is 89.3 Å². The number of hydrogen-bond acceptors (Lipinski definition) is 5. The van der Waals surface area contributed by atoms with Crippen molar-refractivity contribution >= 4 is 34.8 Å². The van der Waals surface area contributed by atoms with Crippen LogP contribution in [0.1, 0.15) is 50.8 Å². The van der Waals surface area contributed by atoms with E-state index in [-0.39, 0.29) is 22.8 Å². The number of amides is 2. The zero-order valence-electron chi connectivity index (χ0n) is 19.2. The first-order valence-corrected chi connectivity index (χ1v) is 11.5. The van der Waals surface area contributed by atoms with Crippen LogP contribution in [0, 0.1) is 17.2 Å². The van der Waals surface area contributed by atoms with Crippen molar-refractivity contribution in [2.75, 3.05) is 11.9 Å². The summed E-state index contributed by atoms with van der Waals surface area (Å²) in [5.41, 5.74) is -4.43. The second kappa shape index (κ2) is 8.26. The van der Waals surface area contributed by atoms with Crippen molar-refractivity contribution in [3.05, 3.63) is 35.2 Å². The van der Waals surface area contributed by atoms with Gasteiger partial charge in [-0.3, -0.25) is 14.5 Å². The highest BCUT2D eigenvalue weighted by atomic mass is 32.1. The Morgan fingerprint density at radius 1 is 1.37 bits per heavy atom. The molecule has 3 aliphatic rings. The second-order valence-electron chi connectivity index (χ2n) is 9.33. The molecule has 1 aromatic rings. The Morgan fingerprint density at radius 2 is 2.03 bits per heavy atom. The summed E-state index contributed by atoms with van der Waals surface area (Å²) in [7, 11) is 1.41. The quantitative estimate of drug-likeness (QED) is 0.495. The molecule has 1 saturated carbocycles. The molecule has 3 unspecified atom stereocenters. The summed E-state index contributed by atoms with van der Waals surface area (Å²) < 4.78 is 56.1. The van der Waals surface area contributed by atoms with Crippen molar-refractivity contribution in [1.82, 2.24) is 15.2 Å². The third kappa shape index (κ3) is 3.51. The highest BCUT2D eigenvalue weighted by Gasteiger charge is 2.65. The Hall–Kier alpha value is -3.07. The Balaban J connectivity index is 1.80. The number of aromatic nitrogens is 1. The number of carbonyl (C=O) groups excluding carboxylic acids is 2. The van der Waals surface area contributed by atoms with Crippen LogP contribution in [0.2, 0.25) is 0 Å². The molecule has 2 aliphatic carbocycles. The SMILES string of the molecule is CNC(=O)C1=CCC(C)(N2C(=S)N(c3cnc(C#N)c(C(F)(F)F)c3)C(=O)C23CCC3)C(C)C1F. The Bertz CT molecular complexity index is 1190. The minimum absolute atomic E-state index is 0.000423. The highest BCUT2D eigenvalue weighted by Crippen LogP contribution is 2.53. The average Bonchev–Trinajstić information content (AvgIpc) is 3.03. The van der Waals surface area contributed by atoms with Gasteiger partial charge in [0, 0.05) is 24.1 Å². The first-order chi connectivity index (χ1) is 16.3. The van der Waals surface area contributed by atoms with Crippen molar-refractivity contribution in [3.8, 4) is 6.07 Å². The maximum Gasteiger partial charge on any atom is 0.419 e. The lowest BCUT2D eigenvalue weighted by molar-refractivity contribution is -0.138. The van der Waals surface area contributed by atoms with Gasteiger partial charge >= 0.3 is 6.18 Å². The summed E-state index contributed by atoms with van der Waals surface area (Å²) in [5.74, 6) is -1.79. The third-order valence-corrected chi connectivity index (χ3v) is 7.95. The third-order valence-electron chi connectivity index (χ3n) is 7.59. The normalized spacial score (nSPS) is 28.0. The molecule has 2 heterocycles. The fourth-order valence-electron chi connectivity index (χ4n) is 5.30. The number of rotatable bonds is 3. The molecule has 1 spiro atoms. The van der Waals surface area contributed by atoms with Gasteiger partial charge in [0.1, 0.15) is 17.8 Å². The molecule has 35 heavy (non-hydrogen) atoms. The van der Waals surface area contributed by atoms with E-state index in [1.54, 1.807) is 18.7 Å². The molecule has 1 saturated heterocycles. The van der Waals surface area contributed by atoms with Gasteiger partial charge in [0.15, 0.2) is 10.8 Å². The van der Waals surface area contributed by atoms with Crippen molar-refractivity contribution in [2.24, 2.45) is 5.92 Å². The molecule has 2 fully saturated rings. The average molecular weight is 510 g/mol. The fourth-order valence-corrected chi connectivity index (χ4v) is 5.87. The highest BCUT2D eigenvalue weighted by molar-refractivity contribution is 7.80. The molecule has 2 amide bonds. The minimum Gasteiger partial charge on any atom is -0.355 e. The van der Waals surface area contributed by atoms with Gasteiger partial charge in [0.25, 0.3) is 5.91 Å². The molecule has 4 rings (SSSR count). The van der Waals surface area contributed by atoms with E-state index in [9.17, 15) is 22.8 Å². The Kier molecular flexibility index (Phi) is 5.91. The van der Waals surface area contributed by atoms with Gasteiger partial charge in [0.05, 0.1) is 17.4 Å². The number of carbonyl (C=O) groups is 2. The summed E-state index contributed by atoms with van der Waals surface area (Å²) in [4.78, 5) is 32.1. The number of nitrogens with one attached hydrogen (secondary N) is 1. The van der Waals surface area contributed by atoms with E-state index in [0.717, 1.165) is 11.1 Å². The van der Waals surface area contributed by atoms with E-state index in [0.29, 0.717) is 25.3 Å². The number of halogens is 4. The molecule has 7 nitrogen and oxygen atoms in total. The van der Waals surface area contributed by atoms with Crippen LogP contribution in [0.4, 0.5) is 23.2 Å². The molecular weight excluding hydrogens is 486 g/mol. The van der Waals surface area contributed by atoms with Crippen molar-refractivity contribution in [1.29, 1.82) is 5.26 Å². The van der Waals surface area contributed by atoms with Crippen LogP contribution in [0.25, 0.3) is 0 Å². The monoisotopic (exact) mass is 509 g/mol. The predicted molar refractivity (Wildman–Crippen MR) is 122 cm³/mol. The van der Waals surface area contributed by atoms with Gasteiger partial charge in [-0.1, -0.05) is 13.0 Å². The van der Waals surface area contributed by atoms with Crippen molar-refractivity contribution in [3.63, 3.8) is 0 Å². The smallest absolute Gasteiger partial charge is 0.355 e. The molecule has 1 aromatic heterocycles. The van der Waals surface area contributed by atoms with Crippen LogP contribution in [0.5, 0.6) is 0 Å². The summed E-state index contributed by atoms with van der Waals surface area (Å²) in [6, 6.07) is 2.11. The molecule has 1 N–H and O–H groups in total. The minimum atomic E-state index is -4.86. The van der Waals surface area contributed by atoms with E-state index in [1.807, 2.05) is 0 Å². The molecular formula is C23H23F4N5O2S. The van der Waals surface area contributed by atoms with Crippen LogP contribution in [0.15, 0.2) is 23.9 Å². The largest absolute Gasteiger partial charge is 0.419 e. The summed E-state index contributed by atoms with van der Waals surface area (Å²) in [6.45, 7) is 3.39. The van der Waals surface area contributed by atoms with Gasteiger partial charge in [-0.25, -0.2) is 9.37 Å². The lowest BCUT2D eigenvalue weighted by Gasteiger charge is -2.55. The number of nitriles is 1. The molecule has 0 radical (unpaired) electrons. The van der Waals surface area contributed by atoms with E-state index in [4.69, 9.17) is 17.5 Å². The van der Waals surface area contributed by atoms with Crippen molar-refractivity contribution < 1.29 is 27.2 Å². The van der Waals surface area contributed by atoms with Crippen LogP contribution in [-0.4, -0.2) is 51.1 Å². The van der Waals surface area contributed by atoms with Crippen LogP contribution >= 0.6 is 12.2 Å². The van der Waals surface area contributed by atoms with Gasteiger partial charge in [-0.2, -0.15) is 18.4 Å². The first-order valence-electron chi connectivity index (χ1n) is 11.1. The number of thiocarbonyl (C=S) groups is 1. The van der Waals surface area contributed by atoms with Gasteiger partial charge in [0.2, 0.25) is 5.91 Å². The standard InChI is InChI=1S/C23H23F4N5O2S/c1-12-17(24)14(18(33)29-3)5-8-21(12,2)32-20(35)31(19(34)22(32)6-4-7-22)13-9-15(23(25,26)27)16(10-28)30-11-13/h5,9,11-12,17H,4,6-8H2,1-3H3,(H,29,33). The van der Waals surface area contributed by atoms with E-state index in [1.165, 1.54) is 19.2 Å². The molecule has 186 valence electrons. The van der Waals surface area contributed by atoms with E-state index < -0.39 is 52.4 Å². The lowest BCUT2D eigenvalue weighted by atomic mass is 9.67. The maximum atomic E-state index is 15.5. The van der Waals surface area contributed by atoms with Crippen LogP contribution in [-0.2, 0) is 15.8 Å². The second-order valence-corrected chi connectivity index (χ2v) is 9.70. The van der Waals surface area contributed by atoms with Crippen molar-refractivity contribution in [2.45, 2.75) is 63.0 Å². The lowest BCUT2D eigenvalue weighted by Crippen LogP contribution is -2.66. The number of anilines is 1. The first kappa shape index (κ1) is 25.0. The Morgan fingerprint density at radius 3 is 2.54 bits per heavy atom. The number of nitrogens with zero attached hydrogens (tertiary/aromatic N) is 4. The van der Waals surface area contributed by atoms with E-state index >= 15 is 4.39 Å². The zero-order valence-corrected chi connectivity index (χ0v) is 20.1. The summed E-state index contributed by atoms with van der Waals surface area (Å²) >= 11 is 5.65. The van der Waals surface area contributed by atoms with Crippen LogP contribution < -0.4 is 10.2 Å². The number of pyridine rings is 1. The number of alkyl halides is 4. The summed E-state index contributed by atoms with van der Waals surface area (Å²) in [6.07, 6.45) is -2.27. The zero-order chi connectivity index (χ0) is 25.9. The molecule has 12 heteroatoms. The number of hydrogen-bond donors (Lipinski definition) is 1. The van der Waals surface area contributed by atoms with Gasteiger partial charge < -0.3 is 10.2 Å². The summed E-state index contributed by atoms with van der Waals surface area (Å²) in [5, 5.41) is 11.4. The number of likely N-dealkylation sites (N-methyl/N-ethyl adjacent to an activating group) is 1. The molecule has 1 aliphatic heterocycles. The van der Waals surface area contributed by atoms with Gasteiger partial charge in [-0.15, -0.1) is 0 Å². The molecule has 3 atom stereocenters. The molecule has 0 aromatic carbocycles. The van der Waals surface area contributed by atoms with E-state index in [2.05, 4.69) is 10.3 Å². The van der Waals surface area contributed by atoms with Crippen LogP contribution in [0.3, 0.4) is 0 Å². The Labute approximate surface area is 204 Å². The molecule has 0 bridgehead atoms. The fraction of sp³-hybridized carbons (Fsp3) is 0.522. The predicted octanol–water partition coefficient (Wildman–Crippen LogP) is 3.64.